The summed E-state index contributed by atoms with van der Waals surface area (Å²) < 4.78 is 0. The highest BCUT2D eigenvalue weighted by Gasteiger charge is 2.36. The Labute approximate surface area is 188 Å². The van der Waals surface area contributed by atoms with Crippen molar-refractivity contribution in [1.29, 1.82) is 0 Å². The number of piperazine rings is 1. The van der Waals surface area contributed by atoms with Gasteiger partial charge in [-0.15, -0.1) is 11.8 Å². The van der Waals surface area contributed by atoms with Crippen molar-refractivity contribution >= 4 is 29.3 Å². The van der Waals surface area contributed by atoms with E-state index in [1.54, 1.807) is 18.0 Å². The molecule has 1 aromatic carbocycles. The number of carbonyl (C=O) groups excluding carboxylic acids is 2. The van der Waals surface area contributed by atoms with Crippen LogP contribution in [-0.4, -0.2) is 64.4 Å². The van der Waals surface area contributed by atoms with Crippen LogP contribution in [0.3, 0.4) is 0 Å². The van der Waals surface area contributed by atoms with E-state index in [9.17, 15) is 9.59 Å². The summed E-state index contributed by atoms with van der Waals surface area (Å²) in [7, 11) is 0. The lowest BCUT2D eigenvalue weighted by Gasteiger charge is -2.43. The van der Waals surface area contributed by atoms with E-state index in [1.807, 2.05) is 57.2 Å². The van der Waals surface area contributed by atoms with Crippen LogP contribution in [0.25, 0.3) is 0 Å². The topological polar surface area (TPSA) is 91.6 Å². The summed E-state index contributed by atoms with van der Waals surface area (Å²) in [6, 6.07) is 13.5. The first kappa shape index (κ1) is 23.2. The number of rotatable bonds is 8. The summed E-state index contributed by atoms with van der Waals surface area (Å²) in [6.07, 6.45) is 1.79. The molecule has 31 heavy (non-hydrogen) atoms. The average molecular weight is 442 g/mol. The Morgan fingerprint density at radius 2 is 1.90 bits per heavy atom. The number of hydrogen-bond acceptors (Lipinski definition) is 6. The molecule has 1 aliphatic rings. The molecule has 0 aliphatic carbocycles. The van der Waals surface area contributed by atoms with Crippen molar-refractivity contribution in [3.63, 3.8) is 0 Å². The zero-order valence-electron chi connectivity index (χ0n) is 18.4. The first-order valence-electron chi connectivity index (χ1n) is 10.5. The molecular weight excluding hydrogens is 410 g/mol. The van der Waals surface area contributed by atoms with Crippen molar-refractivity contribution in [2.75, 3.05) is 31.5 Å². The van der Waals surface area contributed by atoms with E-state index in [0.717, 1.165) is 22.0 Å². The Kier molecular flexibility index (Phi) is 7.69. The lowest BCUT2D eigenvalue weighted by Crippen LogP contribution is -2.61. The van der Waals surface area contributed by atoms with E-state index in [2.05, 4.69) is 26.2 Å². The van der Waals surface area contributed by atoms with Gasteiger partial charge in [0.2, 0.25) is 11.8 Å². The summed E-state index contributed by atoms with van der Waals surface area (Å²) in [5, 5.41) is 4.02. The highest BCUT2D eigenvalue weighted by molar-refractivity contribution is 7.98. The highest BCUT2D eigenvalue weighted by Crippen LogP contribution is 2.23. The number of nitrogens with one attached hydrogen (secondary N) is 1. The number of nitrogens with zero attached hydrogens (tertiary/aromatic N) is 3. The molecular formula is C23H31N5O2S. The number of benzene rings is 1. The highest BCUT2D eigenvalue weighted by atomic mass is 32.2. The van der Waals surface area contributed by atoms with Gasteiger partial charge in [0.25, 0.3) is 0 Å². The average Bonchev–Trinajstić information content (AvgIpc) is 2.78. The monoisotopic (exact) mass is 441 g/mol. The maximum absolute atomic E-state index is 12.8. The van der Waals surface area contributed by atoms with Crippen LogP contribution in [0.2, 0.25) is 0 Å². The quantitative estimate of drug-likeness (QED) is 0.612. The second-order valence-corrected chi connectivity index (χ2v) is 9.26. The third-order valence-electron chi connectivity index (χ3n) is 5.85. The van der Waals surface area contributed by atoms with E-state index in [4.69, 9.17) is 5.73 Å². The van der Waals surface area contributed by atoms with Crippen LogP contribution in [0.5, 0.6) is 0 Å². The number of primary amides is 1. The Morgan fingerprint density at radius 1 is 1.16 bits per heavy atom. The van der Waals surface area contributed by atoms with E-state index in [0.29, 0.717) is 26.2 Å². The van der Waals surface area contributed by atoms with Gasteiger partial charge in [0, 0.05) is 43.8 Å². The van der Waals surface area contributed by atoms with Gasteiger partial charge in [-0.3, -0.25) is 19.4 Å². The molecule has 3 rings (SSSR count). The summed E-state index contributed by atoms with van der Waals surface area (Å²) >= 11 is 1.66. The zero-order chi connectivity index (χ0) is 22.4. The molecule has 0 bridgehead atoms. The molecule has 1 aliphatic heterocycles. The first-order chi connectivity index (χ1) is 14.8. The molecule has 0 radical (unpaired) electrons. The molecule has 2 aromatic rings. The van der Waals surface area contributed by atoms with Crippen molar-refractivity contribution in [2.24, 2.45) is 5.73 Å². The fourth-order valence-corrected chi connectivity index (χ4v) is 4.37. The fourth-order valence-electron chi connectivity index (χ4n) is 3.57. The number of pyridine rings is 1. The van der Waals surface area contributed by atoms with E-state index < -0.39 is 5.54 Å². The Hall–Kier alpha value is -2.42. The van der Waals surface area contributed by atoms with Crippen molar-refractivity contribution in [3.8, 4) is 0 Å². The SMILES string of the molecule is CC(C(=O)Nc1cccc(CSc2ccccn2)c1)N1CCN(C(C)(C)C(N)=O)CC1. The molecule has 1 atom stereocenters. The lowest BCUT2D eigenvalue weighted by molar-refractivity contribution is -0.131. The van der Waals surface area contributed by atoms with Gasteiger partial charge in [-0.05, 0) is 50.6 Å². The van der Waals surface area contributed by atoms with Crippen LogP contribution >= 0.6 is 11.8 Å². The van der Waals surface area contributed by atoms with Crippen LogP contribution in [0.1, 0.15) is 26.3 Å². The second kappa shape index (κ2) is 10.3. The Bertz CT molecular complexity index is 898. The van der Waals surface area contributed by atoms with E-state index in [-0.39, 0.29) is 17.9 Å². The van der Waals surface area contributed by atoms with Crippen LogP contribution < -0.4 is 11.1 Å². The number of aromatic nitrogens is 1. The van der Waals surface area contributed by atoms with Crippen molar-refractivity contribution in [3.05, 3.63) is 54.2 Å². The zero-order valence-corrected chi connectivity index (χ0v) is 19.2. The Morgan fingerprint density at radius 3 is 2.55 bits per heavy atom. The fraction of sp³-hybridized carbons (Fsp3) is 0.435. The van der Waals surface area contributed by atoms with E-state index in [1.165, 1.54) is 0 Å². The van der Waals surface area contributed by atoms with Gasteiger partial charge in [-0.2, -0.15) is 0 Å². The summed E-state index contributed by atoms with van der Waals surface area (Å²) in [4.78, 5) is 33.1. The van der Waals surface area contributed by atoms with Crippen LogP contribution in [-0.2, 0) is 15.3 Å². The van der Waals surface area contributed by atoms with Gasteiger partial charge in [0.1, 0.15) is 0 Å². The van der Waals surface area contributed by atoms with Gasteiger partial charge < -0.3 is 11.1 Å². The maximum atomic E-state index is 12.8. The molecule has 0 spiro atoms. The first-order valence-corrected chi connectivity index (χ1v) is 11.5. The minimum Gasteiger partial charge on any atom is -0.368 e. The minimum absolute atomic E-state index is 0.0304. The Balaban J connectivity index is 1.52. The number of thioether (sulfide) groups is 1. The van der Waals surface area contributed by atoms with Gasteiger partial charge in [0.05, 0.1) is 16.6 Å². The van der Waals surface area contributed by atoms with Gasteiger partial charge in [0.15, 0.2) is 0 Å². The smallest absolute Gasteiger partial charge is 0.241 e. The van der Waals surface area contributed by atoms with Crippen molar-refractivity contribution in [1.82, 2.24) is 14.8 Å². The number of carbonyl (C=O) groups is 2. The third-order valence-corrected chi connectivity index (χ3v) is 6.87. The summed E-state index contributed by atoms with van der Waals surface area (Å²) in [5.41, 5.74) is 6.78. The predicted octanol–water partition coefficient (Wildman–Crippen LogP) is 2.58. The number of amides is 2. The molecule has 7 nitrogen and oxygen atoms in total. The third kappa shape index (κ3) is 6.06. The molecule has 166 valence electrons. The summed E-state index contributed by atoms with van der Waals surface area (Å²) in [5.74, 6) is 0.429. The van der Waals surface area contributed by atoms with Crippen LogP contribution in [0, 0.1) is 0 Å². The molecule has 3 N–H and O–H groups in total. The van der Waals surface area contributed by atoms with Crippen LogP contribution in [0.15, 0.2) is 53.7 Å². The molecule has 0 saturated carbocycles. The maximum Gasteiger partial charge on any atom is 0.241 e. The standard InChI is InChI=1S/C23H31N5O2S/c1-17(27-11-13-28(14-12-27)23(2,3)22(24)30)21(29)26-19-8-6-7-18(15-19)16-31-20-9-4-5-10-25-20/h4-10,15,17H,11-14,16H2,1-3H3,(H2,24,30)(H,26,29). The minimum atomic E-state index is -0.675. The molecule has 2 heterocycles. The van der Waals surface area contributed by atoms with Crippen molar-refractivity contribution < 1.29 is 9.59 Å². The molecule has 2 amide bonds. The molecule has 1 fully saturated rings. The van der Waals surface area contributed by atoms with E-state index >= 15 is 0 Å². The van der Waals surface area contributed by atoms with Crippen LogP contribution in [0.4, 0.5) is 5.69 Å². The molecule has 1 unspecified atom stereocenters. The number of anilines is 1. The lowest BCUT2D eigenvalue weighted by atomic mass is 10.0. The summed E-state index contributed by atoms with van der Waals surface area (Å²) in [6.45, 7) is 8.45. The molecule has 1 saturated heterocycles. The predicted molar refractivity (Wildman–Crippen MR) is 125 cm³/mol. The number of hydrogen-bond donors (Lipinski definition) is 2. The molecule has 8 heteroatoms. The van der Waals surface area contributed by atoms with Crippen molar-refractivity contribution in [2.45, 2.75) is 43.1 Å². The molecule has 1 aromatic heterocycles. The van der Waals surface area contributed by atoms with Gasteiger partial charge >= 0.3 is 0 Å². The van der Waals surface area contributed by atoms with Gasteiger partial charge in [-0.1, -0.05) is 18.2 Å². The largest absolute Gasteiger partial charge is 0.368 e. The van der Waals surface area contributed by atoms with Gasteiger partial charge in [-0.25, -0.2) is 4.98 Å². The second-order valence-electron chi connectivity index (χ2n) is 8.27. The normalized spacial score (nSPS) is 16.6. The number of nitrogens with two attached hydrogens (primary N) is 1.